The lowest BCUT2D eigenvalue weighted by atomic mass is 9.84. The van der Waals surface area contributed by atoms with Gasteiger partial charge in [0, 0.05) is 0 Å². The number of rotatable bonds is 30. The van der Waals surface area contributed by atoms with Gasteiger partial charge in [-0.3, -0.25) is 19.2 Å². The predicted octanol–water partition coefficient (Wildman–Crippen LogP) is 10.9. The molecule has 0 N–H and O–H groups in total. The van der Waals surface area contributed by atoms with Crippen LogP contribution in [0.15, 0.2) is 24.3 Å². The molecule has 7 heteroatoms. The van der Waals surface area contributed by atoms with E-state index in [2.05, 4.69) is 52.0 Å². The first-order chi connectivity index (χ1) is 23.8. The lowest BCUT2D eigenvalue weighted by Gasteiger charge is -2.28. The molecule has 0 saturated carbocycles. The molecule has 0 aromatic carbocycles. The molecule has 2 fully saturated rings. The number of ether oxygens (including phenoxy) is 3. The molecule has 49 heavy (non-hydrogen) atoms. The van der Waals surface area contributed by atoms with Crippen molar-refractivity contribution in [3.63, 3.8) is 0 Å². The van der Waals surface area contributed by atoms with E-state index in [-0.39, 0.29) is 48.8 Å². The number of unbranched alkanes of at least 4 members (excludes halogenated alkanes) is 12. The van der Waals surface area contributed by atoms with E-state index in [0.717, 1.165) is 89.9 Å². The van der Waals surface area contributed by atoms with Crippen LogP contribution >= 0.6 is 0 Å². The Bertz CT molecular complexity index is 923. The Morgan fingerprint density at radius 2 is 0.918 bits per heavy atom. The molecule has 2 aliphatic heterocycles. The van der Waals surface area contributed by atoms with Gasteiger partial charge in [-0.15, -0.1) is 0 Å². The fourth-order valence-electron chi connectivity index (χ4n) is 7.23. The molecule has 6 unspecified atom stereocenters. The third-order valence-electron chi connectivity index (χ3n) is 10.3. The van der Waals surface area contributed by atoms with Gasteiger partial charge in [0.05, 0.1) is 36.9 Å². The highest BCUT2D eigenvalue weighted by molar-refractivity contribution is 5.95. The number of carbonyl (C=O) groups excluding carboxylic acids is 4. The van der Waals surface area contributed by atoms with Crippen molar-refractivity contribution in [3.8, 4) is 0 Å². The van der Waals surface area contributed by atoms with Crippen LogP contribution in [0.1, 0.15) is 182 Å². The first kappa shape index (κ1) is 42.9. The summed E-state index contributed by atoms with van der Waals surface area (Å²) in [6.45, 7) is 8.81. The van der Waals surface area contributed by atoms with Crippen LogP contribution in [0.25, 0.3) is 0 Å². The molecule has 0 aromatic heterocycles. The van der Waals surface area contributed by atoms with Gasteiger partial charge in [0.25, 0.3) is 0 Å². The second-order valence-corrected chi connectivity index (χ2v) is 14.6. The molecule has 2 aliphatic rings. The summed E-state index contributed by atoms with van der Waals surface area (Å²) >= 11 is 0. The first-order valence-corrected chi connectivity index (χ1v) is 20.3. The van der Waals surface area contributed by atoms with E-state index in [1.54, 1.807) is 0 Å². The topological polar surface area (TPSA) is 96.0 Å². The highest BCUT2D eigenvalue weighted by Crippen LogP contribution is 2.34. The first-order valence-electron chi connectivity index (χ1n) is 20.3. The molecule has 6 atom stereocenters. The van der Waals surface area contributed by atoms with Gasteiger partial charge in [-0.05, 0) is 63.2 Å². The van der Waals surface area contributed by atoms with Crippen LogP contribution in [0.4, 0.5) is 0 Å². The minimum absolute atomic E-state index is 0.0435. The summed E-state index contributed by atoms with van der Waals surface area (Å²) in [6.07, 6.45) is 32.5. The molecule has 280 valence electrons. The van der Waals surface area contributed by atoms with Crippen LogP contribution in [-0.2, 0) is 33.4 Å². The van der Waals surface area contributed by atoms with Crippen LogP contribution < -0.4 is 0 Å². The number of carbonyl (C=O) groups is 4. The van der Waals surface area contributed by atoms with Gasteiger partial charge in [0.2, 0.25) is 0 Å². The smallest absolute Gasteiger partial charge is 0.317 e. The van der Waals surface area contributed by atoms with Gasteiger partial charge in [0.15, 0.2) is 0 Å². The standard InChI is InChI=1S/C42H70O7/c1-5-9-13-17-21-25-35(29-27-33(23-19-15-11-7-3)37-31-39(43)48-41(37)45)47-36(26-22-18-14-10-6-2)30-28-34(24-20-16-12-8-4)38-32-40(44)49-42(38)46/h19-20,23-24,33-38H,5-18,21-22,25-32H2,1-4H3/b23-19+,24-20+. The summed E-state index contributed by atoms with van der Waals surface area (Å²) < 4.78 is 17.0. The molecular formula is C42H70O7. The average molecular weight is 687 g/mol. The third-order valence-corrected chi connectivity index (χ3v) is 10.3. The third kappa shape index (κ3) is 18.0. The van der Waals surface area contributed by atoms with Gasteiger partial charge in [-0.2, -0.15) is 0 Å². The quantitative estimate of drug-likeness (QED) is 0.0321. The largest absolute Gasteiger partial charge is 0.393 e. The van der Waals surface area contributed by atoms with E-state index in [4.69, 9.17) is 14.2 Å². The van der Waals surface area contributed by atoms with Crippen LogP contribution in [0, 0.1) is 23.7 Å². The maximum Gasteiger partial charge on any atom is 0.317 e. The number of hydrogen-bond donors (Lipinski definition) is 0. The molecule has 0 aromatic rings. The molecule has 0 spiro atoms. The zero-order valence-corrected chi connectivity index (χ0v) is 31.6. The molecular weight excluding hydrogens is 616 g/mol. The predicted molar refractivity (Wildman–Crippen MR) is 197 cm³/mol. The fourth-order valence-corrected chi connectivity index (χ4v) is 7.23. The Kier molecular flexibility index (Phi) is 23.2. The Balaban J connectivity index is 2.22. The molecule has 0 radical (unpaired) electrons. The Morgan fingerprint density at radius 1 is 0.531 bits per heavy atom. The van der Waals surface area contributed by atoms with Crippen molar-refractivity contribution in [1.29, 1.82) is 0 Å². The fraction of sp³-hybridized carbons (Fsp3) is 0.810. The highest BCUT2D eigenvalue weighted by Gasteiger charge is 2.39. The van der Waals surface area contributed by atoms with Gasteiger partial charge in [-0.25, -0.2) is 0 Å². The Hall–Kier alpha value is -2.28. The summed E-state index contributed by atoms with van der Waals surface area (Å²) in [5.74, 6) is -2.53. The summed E-state index contributed by atoms with van der Waals surface area (Å²) in [7, 11) is 0. The maximum absolute atomic E-state index is 12.6. The van der Waals surface area contributed by atoms with Gasteiger partial charge >= 0.3 is 23.9 Å². The number of esters is 4. The zero-order chi connectivity index (χ0) is 35.7. The van der Waals surface area contributed by atoms with Crippen molar-refractivity contribution in [2.45, 2.75) is 194 Å². The highest BCUT2D eigenvalue weighted by atomic mass is 16.6. The van der Waals surface area contributed by atoms with Crippen molar-refractivity contribution in [2.24, 2.45) is 23.7 Å². The minimum Gasteiger partial charge on any atom is -0.393 e. The number of cyclic esters (lactones) is 4. The van der Waals surface area contributed by atoms with Gasteiger partial charge < -0.3 is 14.2 Å². The molecule has 0 aliphatic carbocycles. The summed E-state index contributed by atoms with van der Waals surface area (Å²) in [5, 5.41) is 0. The number of allylic oxidation sites excluding steroid dienone is 4. The molecule has 0 bridgehead atoms. The van der Waals surface area contributed by atoms with Crippen LogP contribution in [0.2, 0.25) is 0 Å². The van der Waals surface area contributed by atoms with Crippen molar-refractivity contribution in [1.82, 2.24) is 0 Å². The summed E-state index contributed by atoms with van der Waals surface area (Å²) in [6, 6.07) is 0. The van der Waals surface area contributed by atoms with Crippen molar-refractivity contribution in [3.05, 3.63) is 24.3 Å². The molecule has 0 amide bonds. The zero-order valence-electron chi connectivity index (χ0n) is 31.6. The SMILES string of the molecule is CCCC/C=C/C(CCC(CCCCCCC)OC(CCCCCCC)CCC(/C=C/CCCC)C1CC(=O)OC1=O)C1CC(=O)OC1=O. The molecule has 2 rings (SSSR count). The lowest BCUT2D eigenvalue weighted by molar-refractivity contribution is -0.155. The van der Waals surface area contributed by atoms with Crippen molar-refractivity contribution in [2.75, 3.05) is 0 Å². The maximum atomic E-state index is 12.6. The summed E-state index contributed by atoms with van der Waals surface area (Å²) in [5.41, 5.74) is 0. The Labute approximate surface area is 298 Å². The Morgan fingerprint density at radius 3 is 1.27 bits per heavy atom. The van der Waals surface area contributed by atoms with E-state index in [1.807, 2.05) is 0 Å². The van der Waals surface area contributed by atoms with Crippen LogP contribution in [0.5, 0.6) is 0 Å². The second-order valence-electron chi connectivity index (χ2n) is 14.6. The second kappa shape index (κ2) is 26.5. The van der Waals surface area contributed by atoms with Crippen LogP contribution in [-0.4, -0.2) is 36.1 Å². The normalized spacial score (nSPS) is 20.7. The van der Waals surface area contributed by atoms with E-state index in [9.17, 15) is 19.2 Å². The van der Waals surface area contributed by atoms with Crippen molar-refractivity contribution < 1.29 is 33.4 Å². The van der Waals surface area contributed by atoms with E-state index < -0.39 is 23.8 Å². The lowest BCUT2D eigenvalue weighted by Crippen LogP contribution is -2.26. The number of hydrogen-bond acceptors (Lipinski definition) is 7. The molecule has 2 saturated heterocycles. The van der Waals surface area contributed by atoms with Gasteiger partial charge in [-0.1, -0.05) is 142 Å². The average Bonchev–Trinajstić information content (AvgIpc) is 3.60. The molecule has 2 heterocycles. The van der Waals surface area contributed by atoms with Gasteiger partial charge in [0.1, 0.15) is 0 Å². The molecule has 7 nitrogen and oxygen atoms in total. The monoisotopic (exact) mass is 687 g/mol. The van der Waals surface area contributed by atoms with E-state index in [0.29, 0.717) is 0 Å². The van der Waals surface area contributed by atoms with E-state index in [1.165, 1.54) is 51.4 Å². The minimum atomic E-state index is -0.418. The van der Waals surface area contributed by atoms with E-state index >= 15 is 0 Å². The van der Waals surface area contributed by atoms with Crippen LogP contribution in [0.3, 0.4) is 0 Å². The van der Waals surface area contributed by atoms with Crippen molar-refractivity contribution >= 4 is 23.9 Å². The summed E-state index contributed by atoms with van der Waals surface area (Å²) in [4.78, 5) is 49.4.